The lowest BCUT2D eigenvalue weighted by atomic mass is 10.1. The molecule has 0 heterocycles. The minimum Gasteiger partial charge on any atom is -0.489 e. The van der Waals surface area contributed by atoms with Gasteiger partial charge in [-0.25, -0.2) is 0 Å². The summed E-state index contributed by atoms with van der Waals surface area (Å²) in [6.07, 6.45) is 8.74. The number of ketones is 1. The highest BCUT2D eigenvalue weighted by atomic mass is 16.5. The maximum absolute atomic E-state index is 11.4. The topological polar surface area (TPSA) is 26.3 Å². The maximum Gasteiger partial charge on any atom is 0.163 e. The lowest BCUT2D eigenvalue weighted by Gasteiger charge is -2.11. The average molecular weight is 232 g/mol. The second-order valence-corrected chi connectivity index (χ2v) is 3.38. The lowest BCUT2D eigenvalue weighted by molar-refractivity contribution is -0.113. The van der Waals surface area contributed by atoms with Crippen LogP contribution in [0.25, 0.3) is 0 Å². The first-order valence-corrected chi connectivity index (χ1v) is 5.51. The molecular weight excluding hydrogens is 212 g/mol. The van der Waals surface area contributed by atoms with Crippen molar-refractivity contribution in [2.75, 3.05) is 6.61 Å². The van der Waals surface area contributed by atoms with Crippen molar-refractivity contribution in [3.63, 3.8) is 0 Å². The molecule has 0 rings (SSSR count). The molecule has 0 aliphatic rings. The Labute approximate surface area is 104 Å². The first-order valence-electron chi connectivity index (χ1n) is 5.51. The summed E-state index contributed by atoms with van der Waals surface area (Å²) in [5.74, 6) is 0.588. The zero-order valence-corrected chi connectivity index (χ0v) is 10.8. The first-order chi connectivity index (χ1) is 8.10. The van der Waals surface area contributed by atoms with Gasteiger partial charge in [0.15, 0.2) is 5.78 Å². The van der Waals surface area contributed by atoms with Crippen LogP contribution in [0.15, 0.2) is 60.4 Å². The number of allylic oxidation sites excluding steroid dienone is 5. The van der Waals surface area contributed by atoms with Crippen molar-refractivity contribution in [2.45, 2.75) is 20.8 Å². The predicted octanol–water partition coefficient (Wildman–Crippen LogP) is 3.74. The van der Waals surface area contributed by atoms with Crippen molar-refractivity contribution < 1.29 is 9.53 Å². The minimum absolute atomic E-state index is 0.00606. The van der Waals surface area contributed by atoms with Gasteiger partial charge in [0, 0.05) is 0 Å². The average Bonchev–Trinajstić information content (AvgIpc) is 2.32. The van der Waals surface area contributed by atoms with Crippen LogP contribution < -0.4 is 0 Å². The second kappa shape index (κ2) is 8.34. The standard InChI is InChI=1S/C15H20O2/c1-6-10-13(7-2)11-17-15(9-4)14(8-3)12(5)16/h6-10H,1-2,11H2,3-5H3/b13-10+,14-8-,15-9+. The molecule has 0 aromatic rings. The Morgan fingerprint density at radius 3 is 2.24 bits per heavy atom. The van der Waals surface area contributed by atoms with Crippen LogP contribution in [-0.2, 0) is 9.53 Å². The molecule has 2 heteroatoms. The molecule has 0 aliphatic heterocycles. The van der Waals surface area contributed by atoms with E-state index in [0.717, 1.165) is 5.57 Å². The Bertz CT molecular complexity index is 382. The van der Waals surface area contributed by atoms with Crippen molar-refractivity contribution in [1.29, 1.82) is 0 Å². The summed E-state index contributed by atoms with van der Waals surface area (Å²) >= 11 is 0. The van der Waals surface area contributed by atoms with Crippen LogP contribution in [0, 0.1) is 0 Å². The van der Waals surface area contributed by atoms with Crippen LogP contribution in [0.3, 0.4) is 0 Å². The smallest absolute Gasteiger partial charge is 0.163 e. The summed E-state index contributed by atoms with van der Waals surface area (Å²) < 4.78 is 5.60. The van der Waals surface area contributed by atoms with Crippen LogP contribution in [-0.4, -0.2) is 12.4 Å². The molecule has 17 heavy (non-hydrogen) atoms. The number of rotatable bonds is 7. The van der Waals surface area contributed by atoms with Crippen molar-refractivity contribution in [3.8, 4) is 0 Å². The van der Waals surface area contributed by atoms with Crippen molar-refractivity contribution >= 4 is 5.78 Å². The fraction of sp³-hybridized carbons (Fsp3) is 0.267. The monoisotopic (exact) mass is 232 g/mol. The number of ether oxygens (including phenoxy) is 1. The molecule has 0 N–H and O–H groups in total. The molecule has 0 amide bonds. The van der Waals surface area contributed by atoms with Crippen molar-refractivity contribution in [3.05, 3.63) is 60.4 Å². The van der Waals surface area contributed by atoms with Crippen LogP contribution in [0.5, 0.6) is 0 Å². The number of carbonyl (C=O) groups is 1. The molecule has 0 spiro atoms. The molecule has 0 saturated carbocycles. The summed E-state index contributed by atoms with van der Waals surface area (Å²) in [4.78, 5) is 11.4. The zero-order chi connectivity index (χ0) is 13.3. The zero-order valence-electron chi connectivity index (χ0n) is 10.8. The highest BCUT2D eigenvalue weighted by Gasteiger charge is 2.09. The molecule has 0 unspecified atom stereocenters. The van der Waals surface area contributed by atoms with Gasteiger partial charge in [0.05, 0.1) is 5.57 Å². The van der Waals surface area contributed by atoms with E-state index in [4.69, 9.17) is 4.74 Å². The number of carbonyl (C=O) groups excluding carboxylic acids is 1. The molecular formula is C15H20O2. The maximum atomic E-state index is 11.4. The Morgan fingerprint density at radius 1 is 1.24 bits per heavy atom. The summed E-state index contributed by atoms with van der Waals surface area (Å²) in [6.45, 7) is 12.9. The van der Waals surface area contributed by atoms with E-state index in [-0.39, 0.29) is 5.78 Å². The van der Waals surface area contributed by atoms with Crippen LogP contribution in [0.1, 0.15) is 20.8 Å². The fourth-order valence-electron chi connectivity index (χ4n) is 1.32. The molecule has 92 valence electrons. The second-order valence-electron chi connectivity index (χ2n) is 3.38. The van der Waals surface area contributed by atoms with E-state index in [0.29, 0.717) is 17.9 Å². The van der Waals surface area contributed by atoms with Gasteiger partial charge in [-0.15, -0.1) is 0 Å². The SMILES string of the molecule is C=C/C=C(\C=C)COC(=C/C)/C(=C\C)C(C)=O. The summed E-state index contributed by atoms with van der Waals surface area (Å²) in [5, 5.41) is 0. The molecule has 0 aromatic heterocycles. The molecule has 0 bridgehead atoms. The van der Waals surface area contributed by atoms with Crippen molar-refractivity contribution in [1.82, 2.24) is 0 Å². The Kier molecular flexibility index (Phi) is 7.44. The van der Waals surface area contributed by atoms with E-state index in [1.807, 2.05) is 19.9 Å². The first kappa shape index (κ1) is 15.2. The Balaban J connectivity index is 4.75. The molecule has 0 aromatic carbocycles. The summed E-state index contributed by atoms with van der Waals surface area (Å²) in [7, 11) is 0. The van der Waals surface area contributed by atoms with Gasteiger partial charge in [0.1, 0.15) is 12.4 Å². The highest BCUT2D eigenvalue weighted by Crippen LogP contribution is 2.14. The summed E-state index contributed by atoms with van der Waals surface area (Å²) in [5.41, 5.74) is 1.51. The van der Waals surface area contributed by atoms with E-state index >= 15 is 0 Å². The number of Topliss-reactive ketones (excluding diaryl/α,β-unsaturated/α-hetero) is 1. The largest absolute Gasteiger partial charge is 0.489 e. The van der Waals surface area contributed by atoms with Gasteiger partial charge < -0.3 is 4.74 Å². The third kappa shape index (κ3) is 5.16. The van der Waals surface area contributed by atoms with Gasteiger partial charge in [-0.3, -0.25) is 4.79 Å². The highest BCUT2D eigenvalue weighted by molar-refractivity contribution is 5.96. The normalized spacial score (nSPS) is 13.2. The van der Waals surface area contributed by atoms with Crippen LogP contribution >= 0.6 is 0 Å². The lowest BCUT2D eigenvalue weighted by Crippen LogP contribution is -2.05. The van der Waals surface area contributed by atoms with Gasteiger partial charge in [-0.05, 0) is 32.4 Å². The molecule has 2 nitrogen and oxygen atoms in total. The van der Waals surface area contributed by atoms with Gasteiger partial charge in [-0.1, -0.05) is 37.5 Å². The quantitative estimate of drug-likeness (QED) is 0.380. The minimum atomic E-state index is -0.00606. The van der Waals surface area contributed by atoms with Gasteiger partial charge in [0.2, 0.25) is 0 Å². The van der Waals surface area contributed by atoms with E-state index in [1.54, 1.807) is 24.3 Å². The summed E-state index contributed by atoms with van der Waals surface area (Å²) in [6, 6.07) is 0. The Morgan fingerprint density at radius 2 is 1.88 bits per heavy atom. The number of hydrogen-bond acceptors (Lipinski definition) is 2. The Hall–Kier alpha value is -1.83. The van der Waals surface area contributed by atoms with Gasteiger partial charge in [-0.2, -0.15) is 0 Å². The number of hydrogen-bond donors (Lipinski definition) is 0. The third-order valence-corrected chi connectivity index (χ3v) is 2.18. The van der Waals surface area contributed by atoms with E-state index < -0.39 is 0 Å². The van der Waals surface area contributed by atoms with E-state index in [2.05, 4.69) is 13.2 Å². The van der Waals surface area contributed by atoms with Gasteiger partial charge >= 0.3 is 0 Å². The van der Waals surface area contributed by atoms with E-state index in [9.17, 15) is 4.79 Å². The van der Waals surface area contributed by atoms with Gasteiger partial charge in [0.25, 0.3) is 0 Å². The predicted molar refractivity (Wildman–Crippen MR) is 72.6 cm³/mol. The van der Waals surface area contributed by atoms with Crippen molar-refractivity contribution in [2.24, 2.45) is 0 Å². The molecule has 0 fully saturated rings. The van der Waals surface area contributed by atoms with E-state index in [1.165, 1.54) is 6.92 Å². The fourth-order valence-corrected chi connectivity index (χ4v) is 1.32. The molecule has 0 radical (unpaired) electrons. The molecule has 0 aliphatic carbocycles. The molecule has 0 atom stereocenters. The van der Waals surface area contributed by atoms with Crippen LogP contribution in [0.2, 0.25) is 0 Å². The third-order valence-electron chi connectivity index (χ3n) is 2.18. The van der Waals surface area contributed by atoms with Crippen LogP contribution in [0.4, 0.5) is 0 Å². The molecule has 0 saturated heterocycles.